The molecule has 5 rings (SSSR count). The number of halogens is 1. The first kappa shape index (κ1) is 23.8. The highest BCUT2D eigenvalue weighted by Crippen LogP contribution is 2.30. The van der Waals surface area contributed by atoms with Crippen LogP contribution in [0.3, 0.4) is 0 Å². The Morgan fingerprint density at radius 2 is 1.75 bits per heavy atom. The maximum Gasteiger partial charge on any atom is 0.333 e. The molecule has 0 saturated heterocycles. The third kappa shape index (κ3) is 4.62. The van der Waals surface area contributed by atoms with Gasteiger partial charge in [-0.1, -0.05) is 85.6 Å². The Labute approximate surface area is 214 Å². The van der Waals surface area contributed by atoms with Gasteiger partial charge in [-0.05, 0) is 58.5 Å². The quantitative estimate of drug-likeness (QED) is 0.291. The summed E-state index contributed by atoms with van der Waals surface area (Å²) >= 11 is 6.50. The zero-order valence-electron chi connectivity index (χ0n) is 20.3. The number of hydrogen-bond acceptors (Lipinski definition) is 4. The Hall–Kier alpha value is -3.97. The van der Waals surface area contributed by atoms with E-state index in [0.717, 1.165) is 58.5 Å². The fourth-order valence-corrected chi connectivity index (χ4v) is 4.84. The van der Waals surface area contributed by atoms with Gasteiger partial charge in [-0.25, -0.2) is 9.89 Å². The predicted octanol–water partition coefficient (Wildman–Crippen LogP) is 5.84. The van der Waals surface area contributed by atoms with Gasteiger partial charge in [0.1, 0.15) is 0 Å². The molecule has 0 spiro atoms. The number of aromatic nitrogens is 6. The number of imidazole rings is 1. The lowest BCUT2D eigenvalue weighted by molar-refractivity contribution is 0.674. The molecule has 2 heterocycles. The standard InChI is InChI=1S/C28H27ClN6O/c1-3-4-9-22-18-35(26-19(2)8-7-12-25(26)29)28(36)34(22)17-20-13-15-21(16-14-20)23-10-5-6-11-24(23)27-30-32-33-31-27/h5-8,10-16,18H,3-4,9,17H2,1-2H3,(H,30,31,32,33). The van der Waals surface area contributed by atoms with Crippen LogP contribution in [0.15, 0.2) is 77.7 Å². The van der Waals surface area contributed by atoms with Gasteiger partial charge in [-0.15, -0.1) is 5.10 Å². The summed E-state index contributed by atoms with van der Waals surface area (Å²) in [5, 5.41) is 14.9. The molecule has 7 nitrogen and oxygen atoms in total. The van der Waals surface area contributed by atoms with Crippen molar-refractivity contribution in [3.8, 4) is 28.2 Å². The Morgan fingerprint density at radius 1 is 0.972 bits per heavy atom. The first-order valence-electron chi connectivity index (χ1n) is 12.1. The molecule has 0 radical (unpaired) electrons. The third-order valence-electron chi connectivity index (χ3n) is 6.41. The van der Waals surface area contributed by atoms with Crippen LogP contribution in [0.25, 0.3) is 28.2 Å². The molecule has 0 fully saturated rings. The Balaban J connectivity index is 1.49. The minimum Gasteiger partial charge on any atom is -0.292 e. The van der Waals surface area contributed by atoms with Crippen LogP contribution in [-0.2, 0) is 13.0 Å². The highest BCUT2D eigenvalue weighted by Gasteiger charge is 2.17. The van der Waals surface area contributed by atoms with Crippen molar-refractivity contribution in [2.45, 2.75) is 39.7 Å². The van der Waals surface area contributed by atoms with Gasteiger partial charge in [0.15, 0.2) is 5.82 Å². The molecule has 8 heteroatoms. The molecule has 2 aromatic heterocycles. The molecule has 5 aromatic rings. The van der Waals surface area contributed by atoms with Gasteiger partial charge in [0.2, 0.25) is 0 Å². The number of hydrogen-bond donors (Lipinski definition) is 1. The van der Waals surface area contributed by atoms with E-state index in [0.29, 0.717) is 17.4 Å². The number of benzene rings is 3. The number of tetrazole rings is 1. The van der Waals surface area contributed by atoms with Gasteiger partial charge >= 0.3 is 5.69 Å². The largest absolute Gasteiger partial charge is 0.333 e. The second-order valence-electron chi connectivity index (χ2n) is 8.86. The molecule has 0 unspecified atom stereocenters. The van der Waals surface area contributed by atoms with Gasteiger partial charge < -0.3 is 0 Å². The van der Waals surface area contributed by atoms with Crippen molar-refractivity contribution in [3.63, 3.8) is 0 Å². The van der Waals surface area contributed by atoms with Crippen LogP contribution in [0.1, 0.15) is 36.6 Å². The van der Waals surface area contributed by atoms with E-state index in [9.17, 15) is 4.79 Å². The molecule has 0 bridgehead atoms. The second-order valence-corrected chi connectivity index (χ2v) is 9.27. The molecule has 0 aliphatic carbocycles. The van der Waals surface area contributed by atoms with Gasteiger partial charge in [0, 0.05) is 17.5 Å². The number of rotatable bonds is 8. The van der Waals surface area contributed by atoms with E-state index >= 15 is 0 Å². The lowest BCUT2D eigenvalue weighted by atomic mass is 9.98. The Bertz CT molecular complexity index is 1510. The predicted molar refractivity (Wildman–Crippen MR) is 143 cm³/mol. The van der Waals surface area contributed by atoms with Crippen molar-refractivity contribution in [1.29, 1.82) is 0 Å². The van der Waals surface area contributed by atoms with Gasteiger partial charge in [0.25, 0.3) is 0 Å². The molecular weight excluding hydrogens is 472 g/mol. The number of para-hydroxylation sites is 1. The summed E-state index contributed by atoms with van der Waals surface area (Å²) in [6.07, 6.45) is 4.84. The molecule has 0 aliphatic rings. The normalized spacial score (nSPS) is 11.2. The topological polar surface area (TPSA) is 81.4 Å². The van der Waals surface area contributed by atoms with Gasteiger partial charge in [0.05, 0.1) is 17.3 Å². The summed E-state index contributed by atoms with van der Waals surface area (Å²) in [5.41, 5.74) is 6.70. The summed E-state index contributed by atoms with van der Waals surface area (Å²) < 4.78 is 3.56. The smallest absolute Gasteiger partial charge is 0.292 e. The first-order valence-corrected chi connectivity index (χ1v) is 12.4. The highest BCUT2D eigenvalue weighted by molar-refractivity contribution is 6.32. The van der Waals surface area contributed by atoms with Crippen molar-refractivity contribution in [2.75, 3.05) is 0 Å². The molecule has 0 aliphatic heterocycles. The number of aromatic amines is 1. The van der Waals surface area contributed by atoms with Crippen molar-refractivity contribution < 1.29 is 0 Å². The number of nitrogens with zero attached hydrogens (tertiary/aromatic N) is 5. The SMILES string of the molecule is CCCCc1cn(-c2c(C)cccc2Cl)c(=O)n1Cc1ccc(-c2ccccc2-c2nnn[nH]2)cc1. The fourth-order valence-electron chi connectivity index (χ4n) is 4.53. The third-order valence-corrected chi connectivity index (χ3v) is 6.72. The molecule has 0 saturated carbocycles. The maximum absolute atomic E-state index is 13.6. The van der Waals surface area contributed by atoms with Gasteiger partial charge in [-0.2, -0.15) is 0 Å². The van der Waals surface area contributed by atoms with Crippen LogP contribution in [0, 0.1) is 6.92 Å². The van der Waals surface area contributed by atoms with Crippen molar-refractivity contribution in [3.05, 3.63) is 105 Å². The summed E-state index contributed by atoms with van der Waals surface area (Å²) in [6, 6.07) is 22.0. The number of nitrogens with one attached hydrogen (secondary N) is 1. The zero-order valence-corrected chi connectivity index (χ0v) is 21.0. The average molecular weight is 499 g/mol. The molecule has 0 amide bonds. The van der Waals surface area contributed by atoms with Crippen LogP contribution >= 0.6 is 11.6 Å². The molecule has 1 N–H and O–H groups in total. The fraction of sp³-hybridized carbons (Fsp3) is 0.214. The zero-order chi connectivity index (χ0) is 25.1. The molecule has 182 valence electrons. The second kappa shape index (κ2) is 10.3. The Morgan fingerprint density at radius 3 is 2.44 bits per heavy atom. The van der Waals surface area contributed by atoms with E-state index < -0.39 is 0 Å². The van der Waals surface area contributed by atoms with Crippen LogP contribution in [0.2, 0.25) is 5.02 Å². The molecule has 0 atom stereocenters. The van der Waals surface area contributed by atoms with Crippen LogP contribution in [0.5, 0.6) is 0 Å². The van der Waals surface area contributed by atoms with Crippen LogP contribution in [-0.4, -0.2) is 29.8 Å². The first-order chi connectivity index (χ1) is 17.6. The summed E-state index contributed by atoms with van der Waals surface area (Å²) in [7, 11) is 0. The summed E-state index contributed by atoms with van der Waals surface area (Å²) in [6.45, 7) is 4.62. The van der Waals surface area contributed by atoms with Crippen LogP contribution in [0.4, 0.5) is 0 Å². The maximum atomic E-state index is 13.6. The van der Waals surface area contributed by atoms with E-state index in [4.69, 9.17) is 11.6 Å². The lowest BCUT2D eigenvalue weighted by Crippen LogP contribution is -2.25. The lowest BCUT2D eigenvalue weighted by Gasteiger charge is -2.10. The van der Waals surface area contributed by atoms with E-state index in [-0.39, 0.29) is 5.69 Å². The van der Waals surface area contributed by atoms with Crippen molar-refractivity contribution in [1.82, 2.24) is 29.8 Å². The molecular formula is C28H27ClN6O. The molecule has 36 heavy (non-hydrogen) atoms. The minimum atomic E-state index is -0.0791. The Kier molecular flexibility index (Phi) is 6.82. The monoisotopic (exact) mass is 498 g/mol. The highest BCUT2D eigenvalue weighted by atomic mass is 35.5. The average Bonchev–Trinajstić information content (AvgIpc) is 3.53. The molecule has 3 aromatic carbocycles. The number of H-pyrrole nitrogens is 1. The van der Waals surface area contributed by atoms with E-state index in [1.54, 1.807) is 4.57 Å². The number of aryl methyl sites for hydroxylation is 2. The summed E-state index contributed by atoms with van der Waals surface area (Å²) in [5.74, 6) is 0.623. The van der Waals surface area contributed by atoms with E-state index in [1.165, 1.54) is 0 Å². The van der Waals surface area contributed by atoms with E-state index in [2.05, 4.69) is 51.8 Å². The summed E-state index contributed by atoms with van der Waals surface area (Å²) in [4.78, 5) is 13.6. The van der Waals surface area contributed by atoms with Crippen molar-refractivity contribution >= 4 is 11.6 Å². The van der Waals surface area contributed by atoms with Gasteiger partial charge in [-0.3, -0.25) is 9.13 Å². The number of unbranched alkanes of at least 4 members (excludes halogenated alkanes) is 1. The van der Waals surface area contributed by atoms with Crippen LogP contribution < -0.4 is 5.69 Å². The van der Waals surface area contributed by atoms with E-state index in [1.807, 2.05) is 60.2 Å². The minimum absolute atomic E-state index is 0.0791. The van der Waals surface area contributed by atoms with Crippen molar-refractivity contribution in [2.24, 2.45) is 0 Å².